The number of likely N-dealkylation sites (tertiary alicyclic amines) is 1. The van der Waals surface area contributed by atoms with E-state index < -0.39 is 5.60 Å². The summed E-state index contributed by atoms with van der Waals surface area (Å²) in [6.45, 7) is 7.36. The fraction of sp³-hybridized carbons (Fsp3) is 0.588. The molecule has 2 rings (SSSR count). The molecule has 4 nitrogen and oxygen atoms in total. The molecule has 1 N–H and O–H groups in total. The van der Waals surface area contributed by atoms with Crippen LogP contribution >= 0.6 is 0 Å². The third-order valence-electron chi connectivity index (χ3n) is 4.19. The smallest absolute Gasteiger partial charge is 0.293 e. The first-order valence-electron chi connectivity index (χ1n) is 7.57. The Morgan fingerprint density at radius 2 is 1.90 bits per heavy atom. The number of aliphatic hydroxyl groups excluding tert-OH is 1. The molecule has 0 aliphatic carbocycles. The van der Waals surface area contributed by atoms with E-state index in [-0.39, 0.29) is 6.61 Å². The SMILES string of the molecule is CC(C)(CN1CCC(c2ccc(CO)cc2)CC1)OC=O. The molecule has 0 unspecified atom stereocenters. The fourth-order valence-electron chi connectivity index (χ4n) is 3.03. The highest BCUT2D eigenvalue weighted by molar-refractivity contribution is 5.38. The zero-order chi connectivity index (χ0) is 15.3. The van der Waals surface area contributed by atoms with Crippen molar-refractivity contribution in [3.05, 3.63) is 35.4 Å². The number of benzene rings is 1. The highest BCUT2D eigenvalue weighted by Gasteiger charge is 2.27. The van der Waals surface area contributed by atoms with Crippen molar-refractivity contribution in [2.24, 2.45) is 0 Å². The van der Waals surface area contributed by atoms with Crippen LogP contribution in [-0.2, 0) is 16.1 Å². The zero-order valence-electron chi connectivity index (χ0n) is 12.9. The van der Waals surface area contributed by atoms with Crippen LogP contribution in [0.1, 0.15) is 43.7 Å². The summed E-state index contributed by atoms with van der Waals surface area (Å²) in [6, 6.07) is 8.27. The Bertz CT molecular complexity index is 448. The van der Waals surface area contributed by atoms with E-state index in [1.165, 1.54) is 5.56 Å². The van der Waals surface area contributed by atoms with Gasteiger partial charge in [-0.3, -0.25) is 9.69 Å². The minimum absolute atomic E-state index is 0.102. The second-order valence-corrected chi connectivity index (χ2v) is 6.42. The number of hydrogen-bond acceptors (Lipinski definition) is 4. The maximum Gasteiger partial charge on any atom is 0.293 e. The molecule has 1 saturated heterocycles. The van der Waals surface area contributed by atoms with Crippen LogP contribution in [0.2, 0.25) is 0 Å². The Hall–Kier alpha value is -1.39. The van der Waals surface area contributed by atoms with Gasteiger partial charge in [-0.2, -0.15) is 0 Å². The summed E-state index contributed by atoms with van der Waals surface area (Å²) in [5, 5.41) is 9.08. The van der Waals surface area contributed by atoms with Gasteiger partial charge in [0, 0.05) is 6.54 Å². The highest BCUT2D eigenvalue weighted by atomic mass is 16.5. The third-order valence-corrected chi connectivity index (χ3v) is 4.19. The van der Waals surface area contributed by atoms with Crippen LogP contribution in [0.3, 0.4) is 0 Å². The predicted molar refractivity (Wildman–Crippen MR) is 82.0 cm³/mol. The van der Waals surface area contributed by atoms with Crippen molar-refractivity contribution < 1.29 is 14.6 Å². The molecular formula is C17H25NO3. The predicted octanol–water partition coefficient (Wildman–Crippen LogP) is 2.31. The first-order chi connectivity index (χ1) is 10.0. The quantitative estimate of drug-likeness (QED) is 0.817. The lowest BCUT2D eigenvalue weighted by Crippen LogP contribution is -2.44. The molecule has 0 bridgehead atoms. The molecule has 1 aliphatic heterocycles. The van der Waals surface area contributed by atoms with E-state index in [0.717, 1.165) is 38.0 Å². The minimum atomic E-state index is -0.419. The van der Waals surface area contributed by atoms with E-state index in [1.54, 1.807) is 0 Å². The van der Waals surface area contributed by atoms with Crippen LogP contribution in [0.25, 0.3) is 0 Å². The van der Waals surface area contributed by atoms with Gasteiger partial charge in [-0.05, 0) is 56.8 Å². The molecule has 0 aromatic heterocycles. The van der Waals surface area contributed by atoms with Gasteiger partial charge < -0.3 is 9.84 Å². The summed E-state index contributed by atoms with van der Waals surface area (Å²) in [6.07, 6.45) is 2.24. The lowest BCUT2D eigenvalue weighted by molar-refractivity contribution is -0.142. The van der Waals surface area contributed by atoms with Crippen LogP contribution in [-0.4, -0.2) is 41.7 Å². The lowest BCUT2D eigenvalue weighted by atomic mass is 9.88. The molecule has 0 spiro atoms. The number of aliphatic hydroxyl groups is 1. The van der Waals surface area contributed by atoms with Crippen LogP contribution in [0.15, 0.2) is 24.3 Å². The monoisotopic (exact) mass is 291 g/mol. The van der Waals surface area contributed by atoms with Crippen LogP contribution in [0.5, 0.6) is 0 Å². The molecule has 0 atom stereocenters. The van der Waals surface area contributed by atoms with Crippen LogP contribution in [0.4, 0.5) is 0 Å². The van der Waals surface area contributed by atoms with E-state index in [1.807, 2.05) is 26.0 Å². The number of hydrogen-bond donors (Lipinski definition) is 1. The average Bonchev–Trinajstić information content (AvgIpc) is 2.48. The molecule has 1 heterocycles. The van der Waals surface area contributed by atoms with Crippen molar-refractivity contribution >= 4 is 6.47 Å². The molecule has 0 amide bonds. The maximum absolute atomic E-state index is 10.5. The molecular weight excluding hydrogens is 266 g/mol. The number of nitrogens with zero attached hydrogens (tertiary/aromatic N) is 1. The number of piperidine rings is 1. The van der Waals surface area contributed by atoms with Crippen LogP contribution < -0.4 is 0 Å². The molecule has 116 valence electrons. The van der Waals surface area contributed by atoms with Crippen molar-refractivity contribution in [1.82, 2.24) is 4.90 Å². The summed E-state index contributed by atoms with van der Waals surface area (Å²) >= 11 is 0. The van der Waals surface area contributed by atoms with Gasteiger partial charge in [0.25, 0.3) is 6.47 Å². The third kappa shape index (κ3) is 4.55. The molecule has 21 heavy (non-hydrogen) atoms. The largest absolute Gasteiger partial charge is 0.461 e. The molecule has 0 radical (unpaired) electrons. The first-order valence-corrected chi connectivity index (χ1v) is 7.57. The summed E-state index contributed by atoms with van der Waals surface area (Å²) in [5.74, 6) is 0.587. The van der Waals surface area contributed by atoms with Crippen molar-refractivity contribution in [3.8, 4) is 0 Å². The topological polar surface area (TPSA) is 49.8 Å². The van der Waals surface area contributed by atoms with E-state index in [2.05, 4.69) is 17.0 Å². The molecule has 1 aromatic carbocycles. The Balaban J connectivity index is 1.86. The summed E-state index contributed by atoms with van der Waals surface area (Å²) < 4.78 is 5.12. The van der Waals surface area contributed by atoms with Gasteiger partial charge in [-0.15, -0.1) is 0 Å². The highest BCUT2D eigenvalue weighted by Crippen LogP contribution is 2.29. The van der Waals surface area contributed by atoms with Gasteiger partial charge in [-0.25, -0.2) is 0 Å². The summed E-state index contributed by atoms with van der Waals surface area (Å²) in [5.41, 5.74) is 1.90. The minimum Gasteiger partial charge on any atom is -0.461 e. The number of carbonyl (C=O) groups is 1. The van der Waals surface area contributed by atoms with E-state index in [9.17, 15) is 4.79 Å². The summed E-state index contributed by atoms with van der Waals surface area (Å²) in [4.78, 5) is 12.9. The number of ether oxygens (including phenoxy) is 1. The van der Waals surface area contributed by atoms with Crippen molar-refractivity contribution in [1.29, 1.82) is 0 Å². The Morgan fingerprint density at radius 3 is 2.43 bits per heavy atom. The van der Waals surface area contributed by atoms with Crippen LogP contribution in [0, 0.1) is 0 Å². The van der Waals surface area contributed by atoms with E-state index in [0.29, 0.717) is 12.4 Å². The van der Waals surface area contributed by atoms with Gasteiger partial charge in [-0.1, -0.05) is 24.3 Å². The van der Waals surface area contributed by atoms with Crippen molar-refractivity contribution in [3.63, 3.8) is 0 Å². The van der Waals surface area contributed by atoms with Gasteiger partial charge in [0.1, 0.15) is 5.60 Å². The number of carbonyl (C=O) groups excluding carboxylic acids is 1. The van der Waals surface area contributed by atoms with Gasteiger partial charge in [0.2, 0.25) is 0 Å². The van der Waals surface area contributed by atoms with Gasteiger partial charge in [0.15, 0.2) is 0 Å². The Morgan fingerprint density at radius 1 is 1.29 bits per heavy atom. The van der Waals surface area contributed by atoms with Gasteiger partial charge >= 0.3 is 0 Å². The second kappa shape index (κ2) is 7.05. The molecule has 0 saturated carbocycles. The van der Waals surface area contributed by atoms with Crippen molar-refractivity contribution in [2.45, 2.75) is 44.8 Å². The molecule has 1 aromatic rings. The molecule has 4 heteroatoms. The zero-order valence-corrected chi connectivity index (χ0v) is 12.9. The molecule has 1 fully saturated rings. The van der Waals surface area contributed by atoms with Gasteiger partial charge in [0.05, 0.1) is 6.61 Å². The fourth-order valence-corrected chi connectivity index (χ4v) is 3.03. The first kappa shape index (κ1) is 16.0. The standard InChI is InChI=1S/C17H25NO3/c1-17(2,21-13-20)12-18-9-7-16(8-10-18)15-5-3-14(11-19)4-6-15/h3-6,13,16,19H,7-12H2,1-2H3. The van der Waals surface area contributed by atoms with E-state index >= 15 is 0 Å². The molecule has 1 aliphatic rings. The average molecular weight is 291 g/mol. The van der Waals surface area contributed by atoms with Crippen molar-refractivity contribution in [2.75, 3.05) is 19.6 Å². The second-order valence-electron chi connectivity index (χ2n) is 6.42. The lowest BCUT2D eigenvalue weighted by Gasteiger charge is -2.36. The Kier molecular flexibility index (Phi) is 5.37. The normalized spacial score (nSPS) is 17.7. The van der Waals surface area contributed by atoms with E-state index in [4.69, 9.17) is 9.84 Å². The Labute approximate surface area is 126 Å². The summed E-state index contributed by atoms with van der Waals surface area (Å²) in [7, 11) is 0. The maximum atomic E-state index is 10.5. The number of rotatable bonds is 6.